The summed E-state index contributed by atoms with van der Waals surface area (Å²) in [4.78, 5) is 0. The minimum absolute atomic E-state index is 0.199. The predicted octanol–water partition coefficient (Wildman–Crippen LogP) is 3.10. The number of ether oxygens (including phenoxy) is 1. The molecular formula is C15H23NO. The van der Waals surface area contributed by atoms with E-state index >= 15 is 0 Å². The first-order valence-corrected chi connectivity index (χ1v) is 6.66. The molecule has 0 aromatic heterocycles. The van der Waals surface area contributed by atoms with E-state index in [-0.39, 0.29) is 5.41 Å². The van der Waals surface area contributed by atoms with Crippen molar-refractivity contribution in [2.45, 2.75) is 38.5 Å². The van der Waals surface area contributed by atoms with Gasteiger partial charge in [-0.3, -0.25) is 0 Å². The van der Waals surface area contributed by atoms with Crippen LogP contribution in [0.2, 0.25) is 0 Å². The normalized spacial score (nSPS) is 28.3. The van der Waals surface area contributed by atoms with Crippen molar-refractivity contribution in [1.29, 1.82) is 0 Å². The molecule has 1 aliphatic carbocycles. The first kappa shape index (κ1) is 12.4. The second-order valence-corrected chi connectivity index (χ2v) is 5.11. The van der Waals surface area contributed by atoms with Crippen LogP contribution in [0.1, 0.15) is 38.7 Å². The quantitative estimate of drug-likeness (QED) is 0.867. The molecule has 0 spiro atoms. The van der Waals surface area contributed by atoms with Crippen LogP contribution in [-0.2, 0) is 5.41 Å². The summed E-state index contributed by atoms with van der Waals surface area (Å²) >= 11 is 0. The van der Waals surface area contributed by atoms with E-state index in [0.29, 0.717) is 5.92 Å². The van der Waals surface area contributed by atoms with Gasteiger partial charge in [0.25, 0.3) is 0 Å². The lowest BCUT2D eigenvalue weighted by molar-refractivity contribution is 0.335. The maximum absolute atomic E-state index is 6.06. The van der Waals surface area contributed by atoms with Gasteiger partial charge in [-0.05, 0) is 43.4 Å². The van der Waals surface area contributed by atoms with E-state index < -0.39 is 0 Å². The van der Waals surface area contributed by atoms with Crippen molar-refractivity contribution in [2.24, 2.45) is 11.7 Å². The van der Waals surface area contributed by atoms with E-state index in [0.717, 1.165) is 18.9 Å². The largest absolute Gasteiger partial charge is 0.494 e. The molecule has 2 nitrogen and oxygen atoms in total. The van der Waals surface area contributed by atoms with Crippen LogP contribution in [0.3, 0.4) is 0 Å². The molecule has 94 valence electrons. The summed E-state index contributed by atoms with van der Waals surface area (Å²) in [6.45, 7) is 5.81. The molecule has 1 saturated carbocycles. The molecule has 2 N–H and O–H groups in total. The highest BCUT2D eigenvalue weighted by Gasteiger charge is 2.40. The van der Waals surface area contributed by atoms with Crippen LogP contribution >= 0.6 is 0 Å². The number of benzene rings is 1. The standard InChI is InChI=1S/C15H23NO/c1-3-17-14-8-6-13(7-9-14)15(11-16)10-4-5-12(15)2/h6-9,12H,3-5,10-11,16H2,1-2H3. The van der Waals surface area contributed by atoms with Crippen LogP contribution in [0.25, 0.3) is 0 Å². The third kappa shape index (κ3) is 2.19. The first-order valence-electron chi connectivity index (χ1n) is 6.66. The van der Waals surface area contributed by atoms with Crippen molar-refractivity contribution in [3.05, 3.63) is 29.8 Å². The van der Waals surface area contributed by atoms with Gasteiger partial charge in [0.05, 0.1) is 6.61 Å². The van der Waals surface area contributed by atoms with Gasteiger partial charge >= 0.3 is 0 Å². The summed E-state index contributed by atoms with van der Waals surface area (Å²) in [6.07, 6.45) is 3.81. The zero-order valence-corrected chi connectivity index (χ0v) is 10.9. The molecular weight excluding hydrogens is 210 g/mol. The number of hydrogen-bond acceptors (Lipinski definition) is 2. The molecule has 2 atom stereocenters. The molecule has 1 aromatic carbocycles. The Hall–Kier alpha value is -1.02. The van der Waals surface area contributed by atoms with Gasteiger partial charge in [0.1, 0.15) is 5.75 Å². The number of hydrogen-bond donors (Lipinski definition) is 1. The van der Waals surface area contributed by atoms with E-state index in [2.05, 4.69) is 31.2 Å². The van der Waals surface area contributed by atoms with Crippen molar-refractivity contribution < 1.29 is 4.74 Å². The fraction of sp³-hybridized carbons (Fsp3) is 0.600. The minimum atomic E-state index is 0.199. The van der Waals surface area contributed by atoms with Gasteiger partial charge in [0.15, 0.2) is 0 Å². The second-order valence-electron chi connectivity index (χ2n) is 5.11. The van der Waals surface area contributed by atoms with Gasteiger partial charge in [-0.2, -0.15) is 0 Å². The van der Waals surface area contributed by atoms with E-state index in [1.165, 1.54) is 24.8 Å². The fourth-order valence-corrected chi connectivity index (χ4v) is 3.15. The van der Waals surface area contributed by atoms with Gasteiger partial charge in [-0.15, -0.1) is 0 Å². The zero-order valence-electron chi connectivity index (χ0n) is 10.9. The molecule has 0 radical (unpaired) electrons. The molecule has 1 aliphatic rings. The fourth-order valence-electron chi connectivity index (χ4n) is 3.15. The molecule has 0 amide bonds. The summed E-state index contributed by atoms with van der Waals surface area (Å²) in [5, 5.41) is 0. The van der Waals surface area contributed by atoms with Crippen molar-refractivity contribution in [2.75, 3.05) is 13.2 Å². The molecule has 2 unspecified atom stereocenters. The Kier molecular flexibility index (Phi) is 3.72. The number of nitrogens with two attached hydrogens (primary N) is 1. The molecule has 0 aliphatic heterocycles. The highest BCUT2D eigenvalue weighted by atomic mass is 16.5. The van der Waals surface area contributed by atoms with Crippen LogP contribution in [0.15, 0.2) is 24.3 Å². The Bertz CT molecular complexity index is 360. The van der Waals surface area contributed by atoms with Gasteiger partial charge in [0, 0.05) is 12.0 Å². The lowest BCUT2D eigenvalue weighted by atomic mass is 9.73. The predicted molar refractivity (Wildman–Crippen MR) is 71.4 cm³/mol. The highest BCUT2D eigenvalue weighted by molar-refractivity contribution is 5.34. The Labute approximate surface area is 104 Å². The number of rotatable bonds is 4. The van der Waals surface area contributed by atoms with Crippen molar-refractivity contribution >= 4 is 0 Å². The third-order valence-electron chi connectivity index (χ3n) is 4.31. The third-order valence-corrected chi connectivity index (χ3v) is 4.31. The topological polar surface area (TPSA) is 35.2 Å². The molecule has 0 bridgehead atoms. The van der Waals surface area contributed by atoms with Crippen LogP contribution in [0.5, 0.6) is 5.75 Å². The maximum atomic E-state index is 6.06. The van der Waals surface area contributed by atoms with E-state index in [1.54, 1.807) is 0 Å². The molecule has 0 heterocycles. The monoisotopic (exact) mass is 233 g/mol. The van der Waals surface area contributed by atoms with E-state index in [9.17, 15) is 0 Å². The summed E-state index contributed by atoms with van der Waals surface area (Å²) in [7, 11) is 0. The smallest absolute Gasteiger partial charge is 0.119 e. The lowest BCUT2D eigenvalue weighted by Gasteiger charge is -2.33. The summed E-state index contributed by atoms with van der Waals surface area (Å²) < 4.78 is 5.49. The average Bonchev–Trinajstić information content (AvgIpc) is 2.73. The van der Waals surface area contributed by atoms with Gasteiger partial charge in [-0.1, -0.05) is 25.5 Å². The summed E-state index contributed by atoms with van der Waals surface area (Å²) in [6, 6.07) is 8.53. The SMILES string of the molecule is CCOc1ccc(C2(CN)CCCC2C)cc1. The van der Waals surface area contributed by atoms with Crippen LogP contribution in [0.4, 0.5) is 0 Å². The molecule has 2 rings (SSSR count). The Morgan fingerprint density at radius 1 is 1.35 bits per heavy atom. The molecule has 1 aromatic rings. The van der Waals surface area contributed by atoms with Crippen LogP contribution in [-0.4, -0.2) is 13.2 Å². The van der Waals surface area contributed by atoms with Crippen molar-refractivity contribution in [1.82, 2.24) is 0 Å². The molecule has 1 fully saturated rings. The van der Waals surface area contributed by atoms with E-state index in [1.807, 2.05) is 6.92 Å². The lowest BCUT2D eigenvalue weighted by Crippen LogP contribution is -2.37. The van der Waals surface area contributed by atoms with Crippen LogP contribution < -0.4 is 10.5 Å². The van der Waals surface area contributed by atoms with Gasteiger partial charge in [-0.25, -0.2) is 0 Å². The Morgan fingerprint density at radius 3 is 2.53 bits per heavy atom. The molecule has 2 heteroatoms. The first-order chi connectivity index (χ1) is 8.23. The summed E-state index contributed by atoms with van der Waals surface area (Å²) in [5.41, 5.74) is 7.64. The van der Waals surface area contributed by atoms with Gasteiger partial charge in [0.2, 0.25) is 0 Å². The molecule has 17 heavy (non-hydrogen) atoms. The van der Waals surface area contributed by atoms with Crippen molar-refractivity contribution in [3.8, 4) is 5.75 Å². The summed E-state index contributed by atoms with van der Waals surface area (Å²) in [5.74, 6) is 1.64. The van der Waals surface area contributed by atoms with Crippen molar-refractivity contribution in [3.63, 3.8) is 0 Å². The van der Waals surface area contributed by atoms with Gasteiger partial charge < -0.3 is 10.5 Å². The second kappa shape index (κ2) is 5.09. The Balaban J connectivity index is 2.25. The molecule has 0 saturated heterocycles. The maximum Gasteiger partial charge on any atom is 0.119 e. The average molecular weight is 233 g/mol. The zero-order chi connectivity index (χ0) is 12.3. The highest BCUT2D eigenvalue weighted by Crippen LogP contribution is 2.45. The minimum Gasteiger partial charge on any atom is -0.494 e. The van der Waals surface area contributed by atoms with Crippen LogP contribution in [0, 0.1) is 5.92 Å². The van der Waals surface area contributed by atoms with E-state index in [4.69, 9.17) is 10.5 Å². The Morgan fingerprint density at radius 2 is 2.06 bits per heavy atom.